The molecule has 1 saturated heterocycles. The maximum absolute atomic E-state index is 12.7. The Kier molecular flexibility index (Phi) is 6.02. The van der Waals surface area contributed by atoms with Crippen LogP contribution in [-0.4, -0.2) is 44.9 Å². The average Bonchev–Trinajstić information content (AvgIpc) is 2.42. The van der Waals surface area contributed by atoms with E-state index in [4.69, 9.17) is 39.5 Å². The molecule has 1 heterocycles. The Labute approximate surface area is 150 Å². The summed E-state index contributed by atoms with van der Waals surface area (Å²) in [6, 6.07) is 2.84. The molecule has 128 valence electrons. The van der Waals surface area contributed by atoms with Gasteiger partial charge in [-0.1, -0.05) is 34.8 Å². The molecule has 0 aromatic heterocycles. The van der Waals surface area contributed by atoms with Crippen molar-refractivity contribution in [2.24, 2.45) is 0 Å². The summed E-state index contributed by atoms with van der Waals surface area (Å²) >= 11 is 18.1. The van der Waals surface area contributed by atoms with Crippen molar-refractivity contribution < 1.29 is 17.9 Å². The van der Waals surface area contributed by atoms with Crippen LogP contribution in [0.4, 0.5) is 5.69 Å². The second-order valence-electron chi connectivity index (χ2n) is 4.79. The lowest BCUT2D eigenvalue weighted by molar-refractivity contribution is -0.143. The van der Waals surface area contributed by atoms with Crippen LogP contribution in [0.25, 0.3) is 0 Å². The molecule has 0 bridgehead atoms. The lowest BCUT2D eigenvalue weighted by Gasteiger charge is -2.36. The van der Waals surface area contributed by atoms with E-state index in [2.05, 4.69) is 0 Å². The second kappa shape index (κ2) is 7.44. The van der Waals surface area contributed by atoms with Gasteiger partial charge in [-0.3, -0.25) is 9.10 Å². The first-order valence-electron chi connectivity index (χ1n) is 6.85. The maximum atomic E-state index is 12.7. The molecule has 0 aliphatic carbocycles. The van der Waals surface area contributed by atoms with Gasteiger partial charge in [0, 0.05) is 18.1 Å². The molecule has 10 heteroatoms. The first-order chi connectivity index (χ1) is 10.8. The SMILES string of the molecule is CCOC(=O)CN1CCCN(c2c(Cl)cc(Cl)cc2Cl)S1(=O)=O. The van der Waals surface area contributed by atoms with Crippen molar-refractivity contribution in [1.29, 1.82) is 0 Å². The Bertz CT molecular complexity index is 688. The van der Waals surface area contributed by atoms with E-state index >= 15 is 0 Å². The molecule has 0 radical (unpaired) electrons. The quantitative estimate of drug-likeness (QED) is 0.728. The number of benzene rings is 1. The summed E-state index contributed by atoms with van der Waals surface area (Å²) in [4.78, 5) is 11.6. The van der Waals surface area contributed by atoms with Crippen LogP contribution in [0.3, 0.4) is 0 Å². The van der Waals surface area contributed by atoms with Crippen molar-refractivity contribution in [2.75, 3.05) is 30.5 Å². The summed E-state index contributed by atoms with van der Waals surface area (Å²) in [6.07, 6.45) is 0.522. The number of anilines is 1. The van der Waals surface area contributed by atoms with Crippen LogP contribution >= 0.6 is 34.8 Å². The van der Waals surface area contributed by atoms with Gasteiger partial charge in [0.15, 0.2) is 0 Å². The van der Waals surface area contributed by atoms with Crippen molar-refractivity contribution in [3.63, 3.8) is 0 Å². The third-order valence-corrected chi connectivity index (χ3v) is 5.90. The molecule has 0 saturated carbocycles. The average molecular weight is 402 g/mol. The first kappa shape index (κ1) is 18.6. The highest BCUT2D eigenvalue weighted by Gasteiger charge is 2.37. The maximum Gasteiger partial charge on any atom is 0.321 e. The van der Waals surface area contributed by atoms with Gasteiger partial charge in [0.05, 0.1) is 22.3 Å². The Morgan fingerprint density at radius 2 is 1.83 bits per heavy atom. The predicted molar refractivity (Wildman–Crippen MR) is 90.6 cm³/mol. The summed E-state index contributed by atoms with van der Waals surface area (Å²) in [5.41, 5.74) is 0.159. The van der Waals surface area contributed by atoms with Gasteiger partial charge in [-0.2, -0.15) is 12.7 Å². The number of ether oxygens (including phenoxy) is 1. The minimum atomic E-state index is -3.93. The monoisotopic (exact) mass is 400 g/mol. The van der Waals surface area contributed by atoms with E-state index in [9.17, 15) is 13.2 Å². The zero-order valence-electron chi connectivity index (χ0n) is 12.3. The van der Waals surface area contributed by atoms with Gasteiger partial charge in [-0.05, 0) is 25.5 Å². The van der Waals surface area contributed by atoms with Crippen molar-refractivity contribution in [1.82, 2.24) is 4.31 Å². The highest BCUT2D eigenvalue weighted by molar-refractivity contribution is 7.90. The van der Waals surface area contributed by atoms with Crippen molar-refractivity contribution in [2.45, 2.75) is 13.3 Å². The topological polar surface area (TPSA) is 66.9 Å². The highest BCUT2D eigenvalue weighted by Crippen LogP contribution is 2.39. The molecule has 0 spiro atoms. The molecule has 1 aliphatic heterocycles. The third-order valence-electron chi connectivity index (χ3n) is 3.22. The summed E-state index contributed by atoms with van der Waals surface area (Å²) < 4.78 is 32.4. The number of hydrogen-bond acceptors (Lipinski definition) is 4. The summed E-state index contributed by atoms with van der Waals surface area (Å²) in [6.45, 7) is 1.92. The smallest absolute Gasteiger partial charge is 0.321 e. The summed E-state index contributed by atoms with van der Waals surface area (Å²) in [5.74, 6) is -0.605. The van der Waals surface area contributed by atoms with E-state index in [-0.39, 0.29) is 42.0 Å². The predicted octanol–water partition coefficient (Wildman–Crippen LogP) is 2.97. The molecule has 0 amide bonds. The Balaban J connectivity index is 2.35. The second-order valence-corrected chi connectivity index (χ2v) is 7.89. The van der Waals surface area contributed by atoms with Crippen LogP contribution in [0.2, 0.25) is 15.1 Å². The molecule has 1 aromatic carbocycles. The molecule has 1 aromatic rings. The normalized spacial score (nSPS) is 18.0. The van der Waals surface area contributed by atoms with Crippen LogP contribution in [0.1, 0.15) is 13.3 Å². The van der Waals surface area contributed by atoms with E-state index in [1.807, 2.05) is 0 Å². The van der Waals surface area contributed by atoms with Gasteiger partial charge in [-0.25, -0.2) is 0 Å². The van der Waals surface area contributed by atoms with Gasteiger partial charge in [0.2, 0.25) is 0 Å². The van der Waals surface area contributed by atoms with E-state index in [1.165, 1.54) is 12.1 Å². The van der Waals surface area contributed by atoms with Crippen LogP contribution < -0.4 is 4.31 Å². The standard InChI is InChI=1S/C13H15Cl3N2O4S/c1-2-22-12(19)8-17-4-3-5-18(23(17,20)21)13-10(15)6-9(14)7-11(13)16/h6-7H,2-5,8H2,1H3. The van der Waals surface area contributed by atoms with Gasteiger partial charge < -0.3 is 4.74 Å². The molecule has 0 atom stereocenters. The van der Waals surface area contributed by atoms with Crippen LogP contribution in [0, 0.1) is 0 Å². The summed E-state index contributed by atoms with van der Waals surface area (Å²) in [5, 5.41) is 0.564. The Morgan fingerprint density at radius 3 is 2.39 bits per heavy atom. The molecular formula is C13H15Cl3N2O4S. The van der Waals surface area contributed by atoms with Gasteiger partial charge in [0.25, 0.3) is 0 Å². The van der Waals surface area contributed by atoms with Crippen molar-refractivity contribution in [3.8, 4) is 0 Å². The molecule has 0 N–H and O–H groups in total. The first-order valence-corrected chi connectivity index (χ1v) is 9.38. The molecular weight excluding hydrogens is 387 g/mol. The fourth-order valence-corrected chi connectivity index (χ4v) is 5.09. The fourth-order valence-electron chi connectivity index (χ4n) is 2.27. The number of halogens is 3. The number of nitrogens with zero attached hydrogens (tertiary/aromatic N) is 2. The van der Waals surface area contributed by atoms with E-state index < -0.39 is 16.2 Å². The lowest BCUT2D eigenvalue weighted by Crippen LogP contribution is -2.51. The Morgan fingerprint density at radius 1 is 1.22 bits per heavy atom. The van der Waals surface area contributed by atoms with Crippen LogP contribution in [-0.2, 0) is 19.7 Å². The number of rotatable bonds is 4. The van der Waals surface area contributed by atoms with Gasteiger partial charge in [-0.15, -0.1) is 0 Å². The number of esters is 1. The van der Waals surface area contributed by atoms with E-state index in [0.29, 0.717) is 11.4 Å². The third kappa shape index (κ3) is 4.03. The molecule has 1 aliphatic rings. The Hall–Kier alpha value is -0.730. The van der Waals surface area contributed by atoms with Gasteiger partial charge in [0.1, 0.15) is 6.54 Å². The molecule has 23 heavy (non-hydrogen) atoms. The lowest BCUT2D eigenvalue weighted by atomic mass is 10.3. The minimum absolute atomic E-state index is 0.129. The van der Waals surface area contributed by atoms with Crippen LogP contribution in [0.15, 0.2) is 12.1 Å². The highest BCUT2D eigenvalue weighted by atomic mass is 35.5. The molecule has 1 fully saturated rings. The molecule has 2 rings (SSSR count). The fraction of sp³-hybridized carbons (Fsp3) is 0.462. The number of carbonyl (C=O) groups is 1. The number of hydrogen-bond donors (Lipinski definition) is 0. The zero-order chi connectivity index (χ0) is 17.2. The van der Waals surface area contributed by atoms with Gasteiger partial charge >= 0.3 is 16.2 Å². The molecule has 0 unspecified atom stereocenters. The minimum Gasteiger partial charge on any atom is -0.465 e. The summed E-state index contributed by atoms with van der Waals surface area (Å²) in [7, 11) is -3.93. The van der Waals surface area contributed by atoms with E-state index in [0.717, 1.165) is 8.61 Å². The molecule has 6 nitrogen and oxygen atoms in total. The largest absolute Gasteiger partial charge is 0.465 e. The van der Waals surface area contributed by atoms with Crippen molar-refractivity contribution in [3.05, 3.63) is 27.2 Å². The van der Waals surface area contributed by atoms with Crippen LogP contribution in [0.5, 0.6) is 0 Å². The van der Waals surface area contributed by atoms with Crippen molar-refractivity contribution >= 4 is 56.7 Å². The van der Waals surface area contributed by atoms with E-state index in [1.54, 1.807) is 6.92 Å². The number of carbonyl (C=O) groups excluding carboxylic acids is 1. The zero-order valence-corrected chi connectivity index (χ0v) is 15.3.